The predicted molar refractivity (Wildman–Crippen MR) is 70.2 cm³/mol. The average Bonchev–Trinajstić information content (AvgIpc) is 2.30. The Kier molecular flexibility index (Phi) is 5.15. The van der Waals surface area contributed by atoms with Gasteiger partial charge >= 0.3 is 0 Å². The summed E-state index contributed by atoms with van der Waals surface area (Å²) >= 11 is 0. The second-order valence-corrected chi connectivity index (χ2v) is 5.31. The lowest BCUT2D eigenvalue weighted by molar-refractivity contribution is -0.118. The summed E-state index contributed by atoms with van der Waals surface area (Å²) in [5.74, 6) is -0.178. The summed E-state index contributed by atoms with van der Waals surface area (Å²) in [5, 5.41) is 2.70. The molecule has 4 nitrogen and oxygen atoms in total. The molecule has 3 N–H and O–H groups in total. The second kappa shape index (κ2) is 6.39. The van der Waals surface area contributed by atoms with Gasteiger partial charge in [0.15, 0.2) is 0 Å². The number of anilines is 1. The molecule has 0 heterocycles. The maximum atomic E-state index is 11.9. The van der Waals surface area contributed by atoms with Crippen LogP contribution < -0.4 is 11.1 Å². The van der Waals surface area contributed by atoms with E-state index >= 15 is 0 Å². The molecule has 1 aromatic carbocycles. The van der Waals surface area contributed by atoms with Crippen LogP contribution in [0.5, 0.6) is 0 Å². The molecule has 0 saturated carbocycles. The molecule has 17 heavy (non-hydrogen) atoms. The van der Waals surface area contributed by atoms with Crippen molar-refractivity contribution in [1.82, 2.24) is 5.32 Å². The van der Waals surface area contributed by atoms with Crippen LogP contribution in [0.3, 0.4) is 0 Å². The normalized spacial score (nSPS) is 12.1. The van der Waals surface area contributed by atoms with Gasteiger partial charge in [0.2, 0.25) is 5.91 Å². The zero-order chi connectivity index (χ0) is 12.8. The molecule has 0 aliphatic heterocycles. The minimum absolute atomic E-state index is 0.00333. The van der Waals surface area contributed by atoms with E-state index in [-0.39, 0.29) is 11.7 Å². The number of carbonyl (C=O) groups excluding carboxylic acids is 1. The molecule has 5 heteroatoms. The van der Waals surface area contributed by atoms with Gasteiger partial charge < -0.3 is 11.1 Å². The van der Waals surface area contributed by atoms with Gasteiger partial charge in [0.25, 0.3) is 0 Å². The summed E-state index contributed by atoms with van der Waals surface area (Å²) in [6.07, 6.45) is 0.874. The van der Waals surface area contributed by atoms with Crippen LogP contribution in [0.25, 0.3) is 0 Å². The minimum Gasteiger partial charge on any atom is -0.399 e. The maximum Gasteiger partial charge on any atom is 0.232 e. The van der Waals surface area contributed by atoms with Gasteiger partial charge in [0, 0.05) is 17.1 Å². The van der Waals surface area contributed by atoms with E-state index in [2.05, 4.69) is 5.32 Å². The summed E-state index contributed by atoms with van der Waals surface area (Å²) in [6.45, 7) is 4.45. The SMILES string of the molecule is CCCNC(=O)CS(=O)c1ccc(N)c(C)c1. The zero-order valence-corrected chi connectivity index (χ0v) is 11.0. The fourth-order valence-corrected chi connectivity index (χ4v) is 2.34. The summed E-state index contributed by atoms with van der Waals surface area (Å²) in [6, 6.07) is 5.18. The fraction of sp³-hybridized carbons (Fsp3) is 0.417. The van der Waals surface area contributed by atoms with Crippen LogP contribution in [0.15, 0.2) is 23.1 Å². The Hall–Kier alpha value is -1.36. The molecule has 0 bridgehead atoms. The molecule has 1 amide bonds. The lowest BCUT2D eigenvalue weighted by Gasteiger charge is -2.06. The average molecular weight is 254 g/mol. The largest absolute Gasteiger partial charge is 0.399 e. The van der Waals surface area contributed by atoms with Gasteiger partial charge in [-0.2, -0.15) is 0 Å². The van der Waals surface area contributed by atoms with E-state index in [1.807, 2.05) is 13.8 Å². The smallest absolute Gasteiger partial charge is 0.232 e. The number of nitrogens with two attached hydrogens (primary N) is 1. The lowest BCUT2D eigenvalue weighted by atomic mass is 10.2. The summed E-state index contributed by atoms with van der Waals surface area (Å²) in [7, 11) is -1.30. The van der Waals surface area contributed by atoms with Crippen molar-refractivity contribution in [2.24, 2.45) is 0 Å². The zero-order valence-electron chi connectivity index (χ0n) is 10.2. The molecule has 0 spiro atoms. The molecule has 0 aromatic heterocycles. The third kappa shape index (κ3) is 4.19. The molecular weight excluding hydrogens is 236 g/mol. The molecule has 1 atom stereocenters. The van der Waals surface area contributed by atoms with Gasteiger partial charge in [-0.1, -0.05) is 6.92 Å². The number of nitrogen functional groups attached to an aromatic ring is 1. The number of amides is 1. The number of nitrogens with one attached hydrogen (secondary N) is 1. The first-order valence-corrected chi connectivity index (χ1v) is 6.87. The molecular formula is C12H18N2O2S. The summed E-state index contributed by atoms with van der Waals surface area (Å²) in [5.41, 5.74) is 7.22. The highest BCUT2D eigenvalue weighted by atomic mass is 32.2. The number of hydrogen-bond donors (Lipinski definition) is 2. The van der Waals surface area contributed by atoms with E-state index in [0.29, 0.717) is 17.1 Å². The van der Waals surface area contributed by atoms with Gasteiger partial charge in [-0.15, -0.1) is 0 Å². The Morgan fingerprint density at radius 1 is 1.47 bits per heavy atom. The van der Waals surface area contributed by atoms with Gasteiger partial charge in [-0.05, 0) is 37.1 Å². The van der Waals surface area contributed by atoms with Crippen molar-refractivity contribution in [3.63, 3.8) is 0 Å². The molecule has 0 fully saturated rings. The fourth-order valence-electron chi connectivity index (χ4n) is 1.31. The van der Waals surface area contributed by atoms with Crippen LogP contribution in [-0.2, 0) is 15.6 Å². The molecule has 0 aliphatic rings. The molecule has 94 valence electrons. The first-order chi connectivity index (χ1) is 8.04. The molecule has 1 aromatic rings. The number of carbonyl (C=O) groups is 1. The maximum absolute atomic E-state index is 11.9. The van der Waals surface area contributed by atoms with Crippen molar-refractivity contribution in [3.8, 4) is 0 Å². The Bertz CT molecular complexity index is 433. The number of hydrogen-bond acceptors (Lipinski definition) is 3. The van der Waals surface area contributed by atoms with E-state index in [0.717, 1.165) is 12.0 Å². The predicted octanol–water partition coefficient (Wildman–Crippen LogP) is 1.21. The monoisotopic (exact) mass is 254 g/mol. The number of benzene rings is 1. The van der Waals surface area contributed by atoms with Gasteiger partial charge in [0.05, 0.1) is 10.8 Å². The molecule has 0 aliphatic carbocycles. The van der Waals surface area contributed by atoms with Crippen LogP contribution in [-0.4, -0.2) is 22.4 Å². The highest BCUT2D eigenvalue weighted by Crippen LogP contribution is 2.15. The van der Waals surface area contributed by atoms with Crippen molar-refractivity contribution < 1.29 is 9.00 Å². The van der Waals surface area contributed by atoms with E-state index in [4.69, 9.17) is 5.73 Å². The standard InChI is InChI=1S/C12H18N2O2S/c1-3-6-14-12(15)8-17(16)10-4-5-11(13)9(2)7-10/h4-5,7H,3,6,8,13H2,1-2H3,(H,14,15). The highest BCUT2D eigenvalue weighted by molar-refractivity contribution is 7.85. The van der Waals surface area contributed by atoms with E-state index in [9.17, 15) is 9.00 Å². The van der Waals surface area contributed by atoms with Crippen molar-refractivity contribution >= 4 is 22.4 Å². The minimum atomic E-state index is -1.30. The van der Waals surface area contributed by atoms with E-state index < -0.39 is 10.8 Å². The first-order valence-electron chi connectivity index (χ1n) is 5.55. The molecule has 1 unspecified atom stereocenters. The van der Waals surface area contributed by atoms with Gasteiger partial charge in [-0.3, -0.25) is 9.00 Å². The van der Waals surface area contributed by atoms with Crippen molar-refractivity contribution in [2.75, 3.05) is 18.0 Å². The van der Waals surface area contributed by atoms with Crippen molar-refractivity contribution in [1.29, 1.82) is 0 Å². The van der Waals surface area contributed by atoms with E-state index in [1.54, 1.807) is 18.2 Å². The summed E-state index contributed by atoms with van der Waals surface area (Å²) < 4.78 is 11.9. The van der Waals surface area contributed by atoms with Crippen molar-refractivity contribution in [3.05, 3.63) is 23.8 Å². The molecule has 1 rings (SSSR count). The van der Waals surface area contributed by atoms with Crippen LogP contribution in [0, 0.1) is 6.92 Å². The Labute approximate surface area is 104 Å². The van der Waals surface area contributed by atoms with Gasteiger partial charge in [0.1, 0.15) is 5.75 Å². The molecule has 0 radical (unpaired) electrons. The van der Waals surface area contributed by atoms with Crippen LogP contribution in [0.2, 0.25) is 0 Å². The Morgan fingerprint density at radius 3 is 2.76 bits per heavy atom. The number of rotatable bonds is 5. The first kappa shape index (κ1) is 13.7. The topological polar surface area (TPSA) is 72.2 Å². The highest BCUT2D eigenvalue weighted by Gasteiger charge is 2.10. The number of aryl methyl sites for hydroxylation is 1. The van der Waals surface area contributed by atoms with Crippen LogP contribution in [0.4, 0.5) is 5.69 Å². The lowest BCUT2D eigenvalue weighted by Crippen LogP contribution is -2.28. The van der Waals surface area contributed by atoms with Crippen LogP contribution >= 0.6 is 0 Å². The quantitative estimate of drug-likeness (QED) is 0.776. The Balaban J connectivity index is 2.63. The van der Waals surface area contributed by atoms with Gasteiger partial charge in [-0.25, -0.2) is 0 Å². The molecule has 0 saturated heterocycles. The van der Waals surface area contributed by atoms with Crippen molar-refractivity contribution in [2.45, 2.75) is 25.2 Å². The Morgan fingerprint density at radius 2 is 2.18 bits per heavy atom. The third-order valence-corrected chi connectivity index (χ3v) is 3.64. The van der Waals surface area contributed by atoms with E-state index in [1.165, 1.54) is 0 Å². The van der Waals surface area contributed by atoms with Crippen LogP contribution in [0.1, 0.15) is 18.9 Å². The second-order valence-electron chi connectivity index (χ2n) is 3.86. The summed E-state index contributed by atoms with van der Waals surface area (Å²) in [4.78, 5) is 12.1. The third-order valence-electron chi connectivity index (χ3n) is 2.34.